The van der Waals surface area contributed by atoms with Gasteiger partial charge in [0.15, 0.2) is 5.82 Å². The van der Waals surface area contributed by atoms with Gasteiger partial charge >= 0.3 is 5.97 Å². The summed E-state index contributed by atoms with van der Waals surface area (Å²) in [6.45, 7) is 0.398. The second kappa shape index (κ2) is 6.59. The van der Waals surface area contributed by atoms with E-state index in [1.54, 1.807) is 10.9 Å². The van der Waals surface area contributed by atoms with Crippen molar-refractivity contribution in [2.75, 3.05) is 18.0 Å². The minimum atomic E-state index is -1.43. The third-order valence-corrected chi connectivity index (χ3v) is 5.78. The van der Waals surface area contributed by atoms with Crippen LogP contribution in [-0.4, -0.2) is 49.8 Å². The molecule has 2 atom stereocenters. The summed E-state index contributed by atoms with van der Waals surface area (Å²) in [5.74, 6) is -3.26. The van der Waals surface area contributed by atoms with Crippen LogP contribution in [0.2, 0.25) is 0 Å². The Bertz CT molecular complexity index is 1220. The molecule has 1 saturated heterocycles. The second-order valence-electron chi connectivity index (χ2n) is 7.75. The highest BCUT2D eigenvalue weighted by Gasteiger charge is 2.36. The number of carbonyl (C=O) groups is 1. The Labute approximate surface area is 168 Å². The number of nitrogens with zero attached hydrogens (tertiary/aromatic N) is 5. The highest BCUT2D eigenvalue weighted by molar-refractivity contribution is 5.94. The van der Waals surface area contributed by atoms with Gasteiger partial charge in [0.1, 0.15) is 17.1 Å². The Balaban J connectivity index is 1.67. The van der Waals surface area contributed by atoms with Gasteiger partial charge in [-0.2, -0.15) is 0 Å². The van der Waals surface area contributed by atoms with Crippen molar-refractivity contribution >= 4 is 22.6 Å². The lowest BCUT2D eigenvalue weighted by Gasteiger charge is -2.22. The van der Waals surface area contributed by atoms with Crippen LogP contribution in [0.4, 0.5) is 14.5 Å². The van der Waals surface area contributed by atoms with Crippen LogP contribution < -0.4 is 16.1 Å². The molecule has 3 heterocycles. The smallest absolute Gasteiger partial charge is 0.341 e. The number of aromatic nitrogens is 4. The summed E-state index contributed by atoms with van der Waals surface area (Å²) >= 11 is 0. The van der Waals surface area contributed by atoms with Gasteiger partial charge in [0, 0.05) is 37.6 Å². The van der Waals surface area contributed by atoms with Crippen LogP contribution in [0, 0.1) is 11.6 Å². The first-order valence-corrected chi connectivity index (χ1v) is 9.53. The normalized spacial score (nSPS) is 21.5. The van der Waals surface area contributed by atoms with E-state index in [-0.39, 0.29) is 41.8 Å². The number of anilines is 1. The number of carboxylic acid groups (broad SMARTS) is 1. The number of benzene rings is 1. The molecule has 5 rings (SSSR count). The maximum Gasteiger partial charge on any atom is 0.341 e. The lowest BCUT2D eigenvalue weighted by Crippen LogP contribution is -2.31. The van der Waals surface area contributed by atoms with Gasteiger partial charge in [-0.1, -0.05) is 5.21 Å². The summed E-state index contributed by atoms with van der Waals surface area (Å²) in [4.78, 5) is 25.5. The van der Waals surface area contributed by atoms with E-state index in [9.17, 15) is 14.7 Å². The highest BCUT2D eigenvalue weighted by atomic mass is 19.1. The molecule has 0 bridgehead atoms. The first kappa shape index (κ1) is 18.7. The molecule has 156 valence electrons. The maximum atomic E-state index is 15.7. The second-order valence-corrected chi connectivity index (χ2v) is 7.75. The van der Waals surface area contributed by atoms with Crippen LogP contribution in [0.25, 0.3) is 10.9 Å². The van der Waals surface area contributed by atoms with Crippen molar-refractivity contribution < 1.29 is 18.7 Å². The molecule has 1 aliphatic carbocycles. The molecule has 3 aromatic rings. The third-order valence-electron chi connectivity index (χ3n) is 5.78. The quantitative estimate of drug-likeness (QED) is 0.658. The standard InChI is InChI=1S/C19H18F2N6O3/c20-12-5-10-16(26(9-1-2-9)6-11(18(10)28)19(29)30)15(21)17(12)25-7-13(22)14(8-25)27-4-3-23-24-27/h3-6,9,13-14H,1-2,7-8,22H2,(H,29,30)/t13-,14+/m1/s1. The predicted octanol–water partition coefficient (Wildman–Crippen LogP) is 1.29. The van der Waals surface area contributed by atoms with Gasteiger partial charge in [-0.25, -0.2) is 18.3 Å². The molecule has 11 heteroatoms. The number of nitrogens with two attached hydrogens (primary N) is 1. The minimum absolute atomic E-state index is 0.0818. The zero-order valence-electron chi connectivity index (χ0n) is 15.7. The molecule has 0 spiro atoms. The van der Waals surface area contributed by atoms with Crippen molar-refractivity contribution in [2.24, 2.45) is 5.73 Å². The number of halogens is 2. The molecule has 0 unspecified atom stereocenters. The maximum absolute atomic E-state index is 15.7. The Morgan fingerprint density at radius 2 is 2.03 bits per heavy atom. The number of fused-ring (bicyclic) bond motifs is 1. The van der Waals surface area contributed by atoms with Gasteiger partial charge in [-0.05, 0) is 18.9 Å². The Kier molecular flexibility index (Phi) is 4.10. The number of hydrogen-bond acceptors (Lipinski definition) is 6. The molecular weight excluding hydrogens is 398 g/mol. The van der Waals surface area contributed by atoms with Gasteiger partial charge in [-0.15, -0.1) is 5.10 Å². The summed E-state index contributed by atoms with van der Waals surface area (Å²) in [5, 5.41) is 16.7. The average molecular weight is 416 g/mol. The topological polar surface area (TPSA) is 119 Å². The van der Waals surface area contributed by atoms with E-state index in [2.05, 4.69) is 10.3 Å². The van der Waals surface area contributed by atoms with Crippen molar-refractivity contribution in [3.8, 4) is 0 Å². The molecule has 1 aromatic carbocycles. The van der Waals surface area contributed by atoms with E-state index < -0.39 is 34.6 Å². The number of pyridine rings is 1. The van der Waals surface area contributed by atoms with E-state index in [4.69, 9.17) is 5.73 Å². The summed E-state index contributed by atoms with van der Waals surface area (Å²) < 4.78 is 33.7. The van der Waals surface area contributed by atoms with E-state index in [1.165, 1.54) is 15.7 Å². The minimum Gasteiger partial charge on any atom is -0.477 e. The summed E-state index contributed by atoms with van der Waals surface area (Å²) in [7, 11) is 0. The van der Waals surface area contributed by atoms with Crippen molar-refractivity contribution in [3.63, 3.8) is 0 Å². The summed E-state index contributed by atoms with van der Waals surface area (Å²) in [5.41, 5.74) is 4.41. The number of carboxylic acids is 1. The van der Waals surface area contributed by atoms with Gasteiger partial charge in [0.25, 0.3) is 0 Å². The molecule has 0 radical (unpaired) electrons. The van der Waals surface area contributed by atoms with Crippen molar-refractivity contribution in [1.82, 2.24) is 19.6 Å². The molecule has 2 aromatic heterocycles. The van der Waals surface area contributed by atoms with Crippen molar-refractivity contribution in [1.29, 1.82) is 0 Å². The van der Waals surface area contributed by atoms with Gasteiger partial charge in [0.05, 0.1) is 23.1 Å². The molecule has 0 amide bonds. The van der Waals surface area contributed by atoms with Gasteiger partial charge in [0.2, 0.25) is 5.43 Å². The fourth-order valence-electron chi connectivity index (χ4n) is 4.18. The fourth-order valence-corrected chi connectivity index (χ4v) is 4.18. The van der Waals surface area contributed by atoms with E-state index in [1.807, 2.05) is 0 Å². The highest BCUT2D eigenvalue weighted by Crippen LogP contribution is 2.40. The van der Waals surface area contributed by atoms with Crippen molar-refractivity contribution in [3.05, 3.63) is 52.1 Å². The number of aromatic carboxylic acids is 1. The molecule has 9 nitrogen and oxygen atoms in total. The van der Waals surface area contributed by atoms with E-state index >= 15 is 8.78 Å². The van der Waals surface area contributed by atoms with Crippen LogP contribution in [0.15, 0.2) is 29.5 Å². The Hall–Kier alpha value is -3.34. The van der Waals surface area contributed by atoms with Crippen LogP contribution in [0.1, 0.15) is 35.3 Å². The number of rotatable bonds is 4. The van der Waals surface area contributed by atoms with Crippen LogP contribution in [-0.2, 0) is 0 Å². The molecular formula is C19H18F2N6O3. The Morgan fingerprint density at radius 3 is 2.67 bits per heavy atom. The monoisotopic (exact) mass is 416 g/mol. The summed E-state index contributed by atoms with van der Waals surface area (Å²) in [6.07, 6.45) is 5.75. The molecule has 2 aliphatic rings. The van der Waals surface area contributed by atoms with Crippen LogP contribution in [0.5, 0.6) is 0 Å². The average Bonchev–Trinajstić information content (AvgIpc) is 3.25. The van der Waals surface area contributed by atoms with Crippen LogP contribution >= 0.6 is 0 Å². The van der Waals surface area contributed by atoms with E-state index in [0.29, 0.717) is 0 Å². The zero-order chi connectivity index (χ0) is 21.2. The lowest BCUT2D eigenvalue weighted by atomic mass is 10.1. The van der Waals surface area contributed by atoms with E-state index in [0.717, 1.165) is 25.1 Å². The molecule has 1 aliphatic heterocycles. The first-order valence-electron chi connectivity index (χ1n) is 9.53. The molecule has 1 saturated carbocycles. The van der Waals surface area contributed by atoms with Crippen LogP contribution in [0.3, 0.4) is 0 Å². The van der Waals surface area contributed by atoms with Crippen molar-refractivity contribution in [2.45, 2.75) is 31.0 Å². The molecule has 2 fully saturated rings. The largest absolute Gasteiger partial charge is 0.477 e. The Morgan fingerprint density at radius 1 is 1.27 bits per heavy atom. The lowest BCUT2D eigenvalue weighted by molar-refractivity contribution is 0.0694. The predicted molar refractivity (Wildman–Crippen MR) is 103 cm³/mol. The third kappa shape index (κ3) is 2.76. The first-order chi connectivity index (χ1) is 14.4. The SMILES string of the molecule is N[C@@H]1CN(c2c(F)cc3c(=O)c(C(=O)O)cn(C4CC4)c3c2F)C[C@@H]1n1ccnn1. The zero-order valence-corrected chi connectivity index (χ0v) is 15.7. The summed E-state index contributed by atoms with van der Waals surface area (Å²) in [6, 6.07) is 0.0568. The molecule has 3 N–H and O–H groups in total. The number of hydrogen-bond donors (Lipinski definition) is 2. The van der Waals surface area contributed by atoms with Gasteiger partial charge < -0.3 is 20.3 Å². The van der Waals surface area contributed by atoms with Gasteiger partial charge in [-0.3, -0.25) is 4.79 Å². The fraction of sp³-hybridized carbons (Fsp3) is 0.368. The molecule has 30 heavy (non-hydrogen) atoms.